The molecule has 0 fully saturated rings. The van der Waals surface area contributed by atoms with Gasteiger partial charge in [-0.15, -0.1) is 0 Å². The largest absolute Gasteiger partial charge is 0.493 e. The molecule has 1 aromatic carbocycles. The molecule has 106 valence electrons. The zero-order valence-corrected chi connectivity index (χ0v) is 11.0. The van der Waals surface area contributed by atoms with E-state index in [0.29, 0.717) is 18.8 Å². The SMILES string of the molecule is C=CC(=O)OCCCOc1ccc(C=CC(=O)O)cc1. The van der Waals surface area contributed by atoms with Gasteiger partial charge in [0.15, 0.2) is 0 Å². The molecule has 5 heteroatoms. The highest BCUT2D eigenvalue weighted by Gasteiger charge is 1.97. The molecule has 5 nitrogen and oxygen atoms in total. The number of hydrogen-bond donors (Lipinski definition) is 1. The van der Waals surface area contributed by atoms with E-state index in [1.807, 2.05) is 0 Å². The Bertz CT molecular complexity index is 487. The summed E-state index contributed by atoms with van der Waals surface area (Å²) in [6.45, 7) is 4.00. The summed E-state index contributed by atoms with van der Waals surface area (Å²) in [5, 5.41) is 8.50. The summed E-state index contributed by atoms with van der Waals surface area (Å²) in [6, 6.07) is 7.01. The van der Waals surface area contributed by atoms with Crippen LogP contribution in [0.2, 0.25) is 0 Å². The maximum absolute atomic E-state index is 10.8. The number of hydrogen-bond acceptors (Lipinski definition) is 4. The highest BCUT2D eigenvalue weighted by Crippen LogP contribution is 2.13. The third-order valence-corrected chi connectivity index (χ3v) is 2.27. The number of carbonyl (C=O) groups is 2. The van der Waals surface area contributed by atoms with Crippen LogP contribution in [0.5, 0.6) is 5.75 Å². The first-order valence-electron chi connectivity index (χ1n) is 6.05. The van der Waals surface area contributed by atoms with Gasteiger partial charge in [0.25, 0.3) is 0 Å². The average Bonchev–Trinajstić information content (AvgIpc) is 2.45. The highest BCUT2D eigenvalue weighted by molar-refractivity contribution is 5.85. The Morgan fingerprint density at radius 1 is 1.20 bits per heavy atom. The smallest absolute Gasteiger partial charge is 0.330 e. The Balaban J connectivity index is 2.29. The van der Waals surface area contributed by atoms with E-state index in [2.05, 4.69) is 6.58 Å². The second-order valence-corrected chi connectivity index (χ2v) is 3.81. The predicted molar refractivity (Wildman–Crippen MR) is 74.4 cm³/mol. The van der Waals surface area contributed by atoms with Crippen molar-refractivity contribution >= 4 is 18.0 Å². The van der Waals surface area contributed by atoms with E-state index < -0.39 is 11.9 Å². The van der Waals surface area contributed by atoms with Crippen molar-refractivity contribution in [1.82, 2.24) is 0 Å². The lowest BCUT2D eigenvalue weighted by Gasteiger charge is -2.06. The molecule has 0 heterocycles. The summed E-state index contributed by atoms with van der Waals surface area (Å²) < 4.78 is 10.2. The first-order valence-corrected chi connectivity index (χ1v) is 6.05. The minimum absolute atomic E-state index is 0.282. The molecule has 0 bridgehead atoms. The standard InChI is InChI=1S/C15H16O5/c1-2-15(18)20-11-3-10-19-13-7-4-12(5-8-13)6-9-14(16)17/h2,4-9H,1,3,10-11H2,(H,16,17). The summed E-state index contributed by atoms with van der Waals surface area (Å²) in [5.41, 5.74) is 0.777. The van der Waals surface area contributed by atoms with Crippen LogP contribution in [0.3, 0.4) is 0 Å². The summed E-state index contributed by atoms with van der Waals surface area (Å²) in [6.07, 6.45) is 4.27. The van der Waals surface area contributed by atoms with E-state index in [1.165, 1.54) is 6.08 Å². The summed E-state index contributed by atoms with van der Waals surface area (Å²) in [5.74, 6) is -0.758. The molecule has 0 aliphatic carbocycles. The van der Waals surface area contributed by atoms with Crippen LogP contribution in [0.1, 0.15) is 12.0 Å². The van der Waals surface area contributed by atoms with E-state index in [4.69, 9.17) is 14.6 Å². The molecular formula is C15H16O5. The maximum Gasteiger partial charge on any atom is 0.330 e. The van der Waals surface area contributed by atoms with Gasteiger partial charge in [-0.05, 0) is 23.8 Å². The number of ether oxygens (including phenoxy) is 2. The van der Waals surface area contributed by atoms with Gasteiger partial charge in [0.2, 0.25) is 0 Å². The van der Waals surface area contributed by atoms with Crippen LogP contribution in [-0.2, 0) is 14.3 Å². The number of carboxylic acid groups (broad SMARTS) is 1. The molecule has 0 atom stereocenters. The van der Waals surface area contributed by atoms with Gasteiger partial charge in [-0.3, -0.25) is 0 Å². The maximum atomic E-state index is 10.8. The van der Waals surface area contributed by atoms with Crippen molar-refractivity contribution in [3.8, 4) is 5.75 Å². The topological polar surface area (TPSA) is 72.8 Å². The van der Waals surface area contributed by atoms with Crippen molar-refractivity contribution in [2.75, 3.05) is 13.2 Å². The molecule has 20 heavy (non-hydrogen) atoms. The van der Waals surface area contributed by atoms with E-state index in [9.17, 15) is 9.59 Å². The Morgan fingerprint density at radius 3 is 2.50 bits per heavy atom. The lowest BCUT2D eigenvalue weighted by molar-refractivity contribution is -0.138. The number of carbonyl (C=O) groups excluding carboxylic acids is 1. The number of esters is 1. The molecule has 0 saturated heterocycles. The molecular weight excluding hydrogens is 260 g/mol. The second kappa shape index (κ2) is 8.53. The molecule has 0 aromatic heterocycles. The fraction of sp³-hybridized carbons (Fsp3) is 0.200. The van der Waals surface area contributed by atoms with E-state index >= 15 is 0 Å². The minimum Gasteiger partial charge on any atom is -0.493 e. The summed E-state index contributed by atoms with van der Waals surface area (Å²) >= 11 is 0. The van der Waals surface area contributed by atoms with Crippen molar-refractivity contribution in [2.45, 2.75) is 6.42 Å². The van der Waals surface area contributed by atoms with Crippen molar-refractivity contribution in [1.29, 1.82) is 0 Å². The van der Waals surface area contributed by atoms with Crippen molar-refractivity contribution < 1.29 is 24.2 Å². The molecule has 0 unspecified atom stereocenters. The van der Waals surface area contributed by atoms with Gasteiger partial charge in [-0.1, -0.05) is 18.7 Å². The van der Waals surface area contributed by atoms with Crippen LogP contribution in [0.15, 0.2) is 43.0 Å². The van der Waals surface area contributed by atoms with Crippen LogP contribution in [-0.4, -0.2) is 30.3 Å². The molecule has 1 rings (SSSR count). The van der Waals surface area contributed by atoms with E-state index in [0.717, 1.165) is 17.7 Å². The summed E-state index contributed by atoms with van der Waals surface area (Å²) in [7, 11) is 0. The molecule has 1 aromatic rings. The fourth-order valence-corrected chi connectivity index (χ4v) is 1.32. The van der Waals surface area contributed by atoms with Gasteiger partial charge in [0.1, 0.15) is 5.75 Å². The quantitative estimate of drug-likeness (QED) is 0.448. The third-order valence-electron chi connectivity index (χ3n) is 2.27. The van der Waals surface area contributed by atoms with E-state index in [-0.39, 0.29) is 6.61 Å². The van der Waals surface area contributed by atoms with Crippen LogP contribution < -0.4 is 4.74 Å². The number of rotatable bonds is 8. The highest BCUT2D eigenvalue weighted by atomic mass is 16.5. The van der Waals surface area contributed by atoms with Crippen molar-refractivity contribution in [3.63, 3.8) is 0 Å². The number of carboxylic acids is 1. The predicted octanol–water partition coefficient (Wildman–Crippen LogP) is 2.28. The average molecular weight is 276 g/mol. The number of benzene rings is 1. The third kappa shape index (κ3) is 6.39. The van der Waals surface area contributed by atoms with Gasteiger partial charge in [-0.25, -0.2) is 9.59 Å². The molecule has 0 spiro atoms. The molecule has 0 aliphatic rings. The van der Waals surface area contributed by atoms with Gasteiger partial charge < -0.3 is 14.6 Å². The van der Waals surface area contributed by atoms with Gasteiger partial charge >= 0.3 is 11.9 Å². The zero-order chi connectivity index (χ0) is 14.8. The lowest BCUT2D eigenvalue weighted by Crippen LogP contribution is -2.06. The van der Waals surface area contributed by atoms with Crippen molar-refractivity contribution in [3.05, 3.63) is 48.6 Å². The fourth-order valence-electron chi connectivity index (χ4n) is 1.32. The molecule has 0 aliphatic heterocycles. The Hall–Kier alpha value is -2.56. The first kappa shape index (κ1) is 15.5. The van der Waals surface area contributed by atoms with Crippen LogP contribution >= 0.6 is 0 Å². The summed E-state index contributed by atoms with van der Waals surface area (Å²) in [4.78, 5) is 21.1. The Kier molecular flexibility index (Phi) is 6.61. The second-order valence-electron chi connectivity index (χ2n) is 3.81. The van der Waals surface area contributed by atoms with Crippen molar-refractivity contribution in [2.24, 2.45) is 0 Å². The van der Waals surface area contributed by atoms with Gasteiger partial charge in [-0.2, -0.15) is 0 Å². The molecule has 0 amide bonds. The molecule has 0 saturated carbocycles. The monoisotopic (exact) mass is 276 g/mol. The first-order chi connectivity index (χ1) is 9.61. The van der Waals surface area contributed by atoms with Gasteiger partial charge in [0, 0.05) is 18.6 Å². The Labute approximate surface area is 117 Å². The normalized spacial score (nSPS) is 10.2. The molecule has 1 N–H and O–H groups in total. The minimum atomic E-state index is -0.987. The van der Waals surface area contributed by atoms with E-state index in [1.54, 1.807) is 24.3 Å². The van der Waals surface area contributed by atoms with Crippen LogP contribution in [0.4, 0.5) is 0 Å². The van der Waals surface area contributed by atoms with Crippen LogP contribution in [0.25, 0.3) is 6.08 Å². The molecule has 0 radical (unpaired) electrons. The van der Waals surface area contributed by atoms with Crippen LogP contribution in [0, 0.1) is 0 Å². The zero-order valence-electron chi connectivity index (χ0n) is 11.0. The Morgan fingerprint density at radius 2 is 1.90 bits per heavy atom. The number of aliphatic carboxylic acids is 1. The lowest BCUT2D eigenvalue weighted by atomic mass is 10.2. The van der Waals surface area contributed by atoms with Gasteiger partial charge in [0.05, 0.1) is 13.2 Å².